The number of nitro groups is 1. The Labute approximate surface area is 127 Å². The molecule has 0 radical (unpaired) electrons. The molecular weight excluding hydrogens is 286 g/mol. The molecule has 0 saturated carbocycles. The first-order valence-electron chi connectivity index (χ1n) is 6.78. The molecule has 0 aliphatic heterocycles. The van der Waals surface area contributed by atoms with Crippen molar-refractivity contribution >= 4 is 28.2 Å². The first-order valence-corrected chi connectivity index (χ1v) is 7.59. The minimum absolute atomic E-state index is 0.0883. The van der Waals surface area contributed by atoms with Crippen LogP contribution in [-0.2, 0) is 0 Å². The number of hydrogen-bond donors (Lipinski definition) is 0. The number of benzene rings is 1. The predicted molar refractivity (Wildman–Crippen MR) is 87.0 cm³/mol. The van der Waals surface area contributed by atoms with Gasteiger partial charge in [0, 0.05) is 25.4 Å². The van der Waals surface area contributed by atoms with Crippen molar-refractivity contribution in [3.8, 4) is 0 Å². The van der Waals surface area contributed by atoms with Gasteiger partial charge in [-0.1, -0.05) is 29.5 Å². The standard InChI is InChI=1S/C15H17N3O2S/c1-3-17(4-2)15-16-11-13(21-15)10-14(18(19)20)12-8-6-5-7-9-12/h5-11H,3-4H2,1-2H3. The van der Waals surface area contributed by atoms with Gasteiger partial charge in [0.1, 0.15) is 0 Å². The second-order valence-electron chi connectivity index (χ2n) is 4.37. The number of hydrogen-bond acceptors (Lipinski definition) is 5. The maximum atomic E-state index is 11.3. The van der Waals surface area contributed by atoms with Crippen molar-refractivity contribution in [2.75, 3.05) is 18.0 Å². The van der Waals surface area contributed by atoms with Crippen LogP contribution in [0.15, 0.2) is 36.5 Å². The maximum absolute atomic E-state index is 11.3. The third-order valence-corrected chi connectivity index (χ3v) is 4.10. The molecule has 6 heteroatoms. The highest BCUT2D eigenvalue weighted by atomic mass is 32.1. The molecule has 1 heterocycles. The van der Waals surface area contributed by atoms with Gasteiger partial charge < -0.3 is 4.90 Å². The minimum Gasteiger partial charge on any atom is -0.349 e. The maximum Gasteiger partial charge on any atom is 0.278 e. The Morgan fingerprint density at radius 1 is 1.33 bits per heavy atom. The molecule has 5 nitrogen and oxygen atoms in total. The Morgan fingerprint density at radius 2 is 2.00 bits per heavy atom. The van der Waals surface area contributed by atoms with E-state index in [0.29, 0.717) is 5.56 Å². The number of nitrogens with zero attached hydrogens (tertiary/aromatic N) is 3. The molecule has 0 fully saturated rings. The fourth-order valence-corrected chi connectivity index (χ4v) is 2.95. The number of thiazole rings is 1. The van der Waals surface area contributed by atoms with E-state index in [0.717, 1.165) is 23.1 Å². The largest absolute Gasteiger partial charge is 0.349 e. The Morgan fingerprint density at radius 3 is 2.57 bits per heavy atom. The topological polar surface area (TPSA) is 59.3 Å². The van der Waals surface area contributed by atoms with E-state index in [4.69, 9.17) is 0 Å². The van der Waals surface area contributed by atoms with Crippen molar-refractivity contribution < 1.29 is 4.92 Å². The smallest absolute Gasteiger partial charge is 0.278 e. The minimum atomic E-state index is -0.355. The molecule has 0 atom stereocenters. The van der Waals surface area contributed by atoms with E-state index in [1.165, 1.54) is 11.3 Å². The summed E-state index contributed by atoms with van der Waals surface area (Å²) in [4.78, 5) is 18.2. The summed E-state index contributed by atoms with van der Waals surface area (Å²) in [5, 5.41) is 12.2. The van der Waals surface area contributed by atoms with E-state index in [9.17, 15) is 10.1 Å². The van der Waals surface area contributed by atoms with Gasteiger partial charge in [0.25, 0.3) is 5.70 Å². The highest BCUT2D eigenvalue weighted by molar-refractivity contribution is 7.16. The van der Waals surface area contributed by atoms with Crippen LogP contribution >= 0.6 is 11.3 Å². The molecule has 110 valence electrons. The molecule has 0 aliphatic carbocycles. The Balaban J connectivity index is 2.34. The van der Waals surface area contributed by atoms with Gasteiger partial charge in [-0.3, -0.25) is 10.1 Å². The van der Waals surface area contributed by atoms with Gasteiger partial charge in [0.2, 0.25) is 0 Å². The first kappa shape index (κ1) is 15.2. The van der Waals surface area contributed by atoms with E-state index in [1.807, 2.05) is 6.07 Å². The lowest BCUT2D eigenvalue weighted by atomic mass is 10.1. The number of anilines is 1. The molecule has 2 rings (SSSR count). The molecule has 21 heavy (non-hydrogen) atoms. The van der Waals surface area contributed by atoms with E-state index < -0.39 is 0 Å². The van der Waals surface area contributed by atoms with Gasteiger partial charge in [-0.25, -0.2) is 4.98 Å². The fourth-order valence-electron chi connectivity index (χ4n) is 1.97. The molecule has 0 spiro atoms. The van der Waals surface area contributed by atoms with Crippen molar-refractivity contribution in [3.05, 3.63) is 57.1 Å². The van der Waals surface area contributed by atoms with Crippen molar-refractivity contribution in [1.82, 2.24) is 4.98 Å². The average Bonchev–Trinajstić information content (AvgIpc) is 2.95. The van der Waals surface area contributed by atoms with Crippen molar-refractivity contribution in [1.29, 1.82) is 0 Å². The van der Waals surface area contributed by atoms with Gasteiger partial charge in [-0.2, -0.15) is 0 Å². The Kier molecular flexibility index (Phi) is 5.05. The molecule has 1 aromatic carbocycles. The van der Waals surface area contributed by atoms with Crippen LogP contribution in [0.25, 0.3) is 11.8 Å². The van der Waals surface area contributed by atoms with E-state index in [-0.39, 0.29) is 10.6 Å². The SMILES string of the molecule is CCN(CC)c1ncc(C=C(c2ccccc2)[N+](=O)[O-])s1. The molecular formula is C15H17N3O2S. The first-order chi connectivity index (χ1) is 10.2. The van der Waals surface area contributed by atoms with Crippen LogP contribution in [0.2, 0.25) is 0 Å². The molecule has 0 bridgehead atoms. The quantitative estimate of drug-likeness (QED) is 0.602. The van der Waals surface area contributed by atoms with Crippen LogP contribution in [0, 0.1) is 10.1 Å². The summed E-state index contributed by atoms with van der Waals surface area (Å²) in [5.74, 6) is 0. The summed E-state index contributed by atoms with van der Waals surface area (Å²) in [6, 6.07) is 8.90. The van der Waals surface area contributed by atoms with Crippen LogP contribution in [0.3, 0.4) is 0 Å². The van der Waals surface area contributed by atoms with Gasteiger partial charge in [0.15, 0.2) is 5.13 Å². The summed E-state index contributed by atoms with van der Waals surface area (Å²) in [5.41, 5.74) is 0.686. The molecule has 0 N–H and O–H groups in total. The zero-order valence-corrected chi connectivity index (χ0v) is 12.8. The van der Waals surface area contributed by atoms with Crippen LogP contribution < -0.4 is 4.90 Å². The third-order valence-electron chi connectivity index (χ3n) is 3.09. The molecule has 0 saturated heterocycles. The average molecular weight is 303 g/mol. The van der Waals surface area contributed by atoms with Gasteiger partial charge >= 0.3 is 0 Å². The molecule has 0 unspecified atom stereocenters. The predicted octanol–water partition coefficient (Wildman–Crippen LogP) is 3.76. The second kappa shape index (κ2) is 6.99. The highest BCUT2D eigenvalue weighted by Crippen LogP contribution is 2.26. The highest BCUT2D eigenvalue weighted by Gasteiger charge is 2.15. The van der Waals surface area contributed by atoms with Crippen LogP contribution in [-0.4, -0.2) is 23.0 Å². The van der Waals surface area contributed by atoms with Crippen LogP contribution in [0.5, 0.6) is 0 Å². The van der Waals surface area contributed by atoms with E-state index in [2.05, 4.69) is 23.7 Å². The summed E-state index contributed by atoms with van der Waals surface area (Å²) < 4.78 is 0. The molecule has 2 aromatic rings. The van der Waals surface area contributed by atoms with Crippen LogP contribution in [0.4, 0.5) is 5.13 Å². The lowest BCUT2D eigenvalue weighted by Crippen LogP contribution is -2.21. The summed E-state index contributed by atoms with van der Waals surface area (Å²) >= 11 is 1.46. The van der Waals surface area contributed by atoms with Gasteiger partial charge in [-0.15, -0.1) is 0 Å². The summed E-state index contributed by atoms with van der Waals surface area (Å²) in [6.45, 7) is 5.86. The zero-order valence-electron chi connectivity index (χ0n) is 12.0. The van der Waals surface area contributed by atoms with Gasteiger partial charge in [0.05, 0.1) is 15.4 Å². The third kappa shape index (κ3) is 3.66. The number of rotatable bonds is 6. The van der Waals surface area contributed by atoms with Crippen molar-refractivity contribution in [3.63, 3.8) is 0 Å². The Hall–Kier alpha value is -2.21. The fraction of sp³-hybridized carbons (Fsp3) is 0.267. The zero-order chi connectivity index (χ0) is 15.2. The van der Waals surface area contributed by atoms with E-state index in [1.54, 1.807) is 36.5 Å². The molecule has 1 aromatic heterocycles. The Bertz CT molecular complexity index is 633. The second-order valence-corrected chi connectivity index (χ2v) is 5.41. The summed E-state index contributed by atoms with van der Waals surface area (Å²) in [6.07, 6.45) is 3.27. The molecule has 0 aliphatic rings. The summed E-state index contributed by atoms with van der Waals surface area (Å²) in [7, 11) is 0. The lowest BCUT2D eigenvalue weighted by molar-refractivity contribution is -0.374. The van der Waals surface area contributed by atoms with Crippen molar-refractivity contribution in [2.45, 2.75) is 13.8 Å². The van der Waals surface area contributed by atoms with Crippen molar-refractivity contribution in [2.24, 2.45) is 0 Å². The molecule has 0 amide bonds. The van der Waals surface area contributed by atoms with Crippen LogP contribution in [0.1, 0.15) is 24.3 Å². The van der Waals surface area contributed by atoms with Gasteiger partial charge in [-0.05, 0) is 26.0 Å². The number of aromatic nitrogens is 1. The monoisotopic (exact) mass is 303 g/mol. The van der Waals surface area contributed by atoms with E-state index >= 15 is 0 Å². The normalized spacial score (nSPS) is 11.4. The lowest BCUT2D eigenvalue weighted by Gasteiger charge is -2.16.